The first-order valence-electron chi connectivity index (χ1n) is 5.44. The minimum absolute atomic E-state index is 0.0282. The van der Waals surface area contributed by atoms with Crippen LogP contribution in [-0.2, 0) is 10.1 Å². The second-order valence-corrected chi connectivity index (χ2v) is 5.37. The Bertz CT molecular complexity index is 779. The monoisotopic (exact) mass is 294 g/mol. The van der Waals surface area contributed by atoms with Gasteiger partial charge in [0.15, 0.2) is 5.78 Å². The third kappa shape index (κ3) is 2.63. The molecule has 0 aromatic heterocycles. The Morgan fingerprint density at radius 2 is 1.65 bits per heavy atom. The molecule has 6 nitrogen and oxygen atoms in total. The predicted molar refractivity (Wildman–Crippen MR) is 69.5 cm³/mol. The van der Waals surface area contributed by atoms with E-state index in [1.165, 1.54) is 24.3 Å². The van der Waals surface area contributed by atoms with Gasteiger partial charge in [-0.3, -0.25) is 9.35 Å². The van der Waals surface area contributed by atoms with Crippen LogP contribution in [0, 0.1) is 0 Å². The molecule has 0 aliphatic heterocycles. The number of carbonyl (C=O) groups is 1. The zero-order valence-corrected chi connectivity index (χ0v) is 10.8. The van der Waals surface area contributed by atoms with Gasteiger partial charge in [0, 0.05) is 11.1 Å². The van der Waals surface area contributed by atoms with E-state index in [0.717, 1.165) is 18.2 Å². The second-order valence-electron chi connectivity index (χ2n) is 4.01. The highest BCUT2D eigenvalue weighted by molar-refractivity contribution is 7.86. The fourth-order valence-electron chi connectivity index (χ4n) is 1.78. The van der Waals surface area contributed by atoms with Gasteiger partial charge in [0.25, 0.3) is 10.1 Å². The lowest BCUT2D eigenvalue weighted by atomic mass is 10.0. The molecule has 104 valence electrons. The lowest BCUT2D eigenvalue weighted by Crippen LogP contribution is -2.10. The third-order valence-electron chi connectivity index (χ3n) is 2.61. The maximum Gasteiger partial charge on any atom is 0.298 e. The van der Waals surface area contributed by atoms with Gasteiger partial charge in [-0.25, -0.2) is 0 Å². The highest BCUT2D eigenvalue weighted by Gasteiger charge is 2.25. The molecule has 0 bridgehead atoms. The van der Waals surface area contributed by atoms with Crippen molar-refractivity contribution < 1.29 is 28.0 Å². The smallest absolute Gasteiger partial charge is 0.298 e. The molecular formula is C13H10O6S. The van der Waals surface area contributed by atoms with E-state index in [1.54, 1.807) is 0 Å². The third-order valence-corrected chi connectivity index (χ3v) is 3.55. The summed E-state index contributed by atoms with van der Waals surface area (Å²) in [6, 6.07) is 8.78. The number of rotatable bonds is 3. The molecule has 0 aliphatic rings. The van der Waals surface area contributed by atoms with Crippen molar-refractivity contribution in [3.63, 3.8) is 0 Å². The summed E-state index contributed by atoms with van der Waals surface area (Å²) in [5.74, 6) is -1.63. The van der Waals surface area contributed by atoms with Crippen molar-refractivity contribution in [2.24, 2.45) is 0 Å². The number of aromatic hydroxyl groups is 2. The molecule has 0 unspecified atom stereocenters. The maximum absolute atomic E-state index is 12.2. The number of ketones is 1. The first-order chi connectivity index (χ1) is 9.30. The Labute approximate surface area is 114 Å². The molecule has 2 rings (SSSR count). The Balaban J connectivity index is 2.65. The second kappa shape index (κ2) is 4.95. The normalized spacial score (nSPS) is 11.2. The van der Waals surface area contributed by atoms with Crippen molar-refractivity contribution >= 4 is 15.9 Å². The number of phenolic OH excluding ortho intramolecular Hbond substituents is 2. The van der Waals surface area contributed by atoms with Crippen LogP contribution in [0.5, 0.6) is 11.5 Å². The van der Waals surface area contributed by atoms with E-state index >= 15 is 0 Å². The molecule has 0 saturated heterocycles. The molecule has 20 heavy (non-hydrogen) atoms. The fraction of sp³-hybridized carbons (Fsp3) is 0. The van der Waals surface area contributed by atoms with Crippen LogP contribution >= 0.6 is 0 Å². The molecule has 2 aromatic rings. The van der Waals surface area contributed by atoms with Gasteiger partial charge in [-0.15, -0.1) is 0 Å². The van der Waals surface area contributed by atoms with Crippen LogP contribution in [0.4, 0.5) is 0 Å². The van der Waals surface area contributed by atoms with E-state index < -0.39 is 26.5 Å². The summed E-state index contributed by atoms with van der Waals surface area (Å²) in [6.45, 7) is 0. The van der Waals surface area contributed by atoms with Gasteiger partial charge in [0.1, 0.15) is 16.4 Å². The molecule has 0 spiro atoms. The van der Waals surface area contributed by atoms with Crippen LogP contribution < -0.4 is 0 Å². The van der Waals surface area contributed by atoms with Crippen molar-refractivity contribution in [2.75, 3.05) is 0 Å². The lowest BCUT2D eigenvalue weighted by Gasteiger charge is -2.08. The summed E-state index contributed by atoms with van der Waals surface area (Å²) < 4.78 is 31.7. The highest BCUT2D eigenvalue weighted by Crippen LogP contribution is 2.28. The average Bonchev–Trinajstić information content (AvgIpc) is 2.36. The van der Waals surface area contributed by atoms with E-state index in [-0.39, 0.29) is 16.9 Å². The largest absolute Gasteiger partial charge is 0.508 e. The summed E-state index contributed by atoms with van der Waals surface area (Å²) >= 11 is 0. The summed E-state index contributed by atoms with van der Waals surface area (Å²) in [6.07, 6.45) is 0. The quantitative estimate of drug-likeness (QED) is 0.585. The summed E-state index contributed by atoms with van der Waals surface area (Å²) in [7, 11) is -4.76. The van der Waals surface area contributed by atoms with Crippen LogP contribution in [0.15, 0.2) is 47.4 Å². The van der Waals surface area contributed by atoms with Crippen molar-refractivity contribution in [1.29, 1.82) is 0 Å². The van der Waals surface area contributed by atoms with Crippen LogP contribution in [0.1, 0.15) is 15.9 Å². The molecule has 0 heterocycles. The first-order valence-corrected chi connectivity index (χ1v) is 6.88. The molecule has 0 fully saturated rings. The number of benzene rings is 2. The summed E-state index contributed by atoms with van der Waals surface area (Å²) in [5.41, 5.74) is -0.349. The van der Waals surface area contributed by atoms with Gasteiger partial charge in [0.05, 0.1) is 0 Å². The lowest BCUT2D eigenvalue weighted by molar-refractivity contribution is 0.103. The average molecular weight is 294 g/mol. The zero-order chi connectivity index (χ0) is 14.9. The van der Waals surface area contributed by atoms with E-state index in [0.29, 0.717) is 0 Å². The van der Waals surface area contributed by atoms with E-state index in [4.69, 9.17) is 4.55 Å². The highest BCUT2D eigenvalue weighted by atomic mass is 32.2. The van der Waals surface area contributed by atoms with Gasteiger partial charge >= 0.3 is 0 Å². The maximum atomic E-state index is 12.2. The van der Waals surface area contributed by atoms with Crippen LogP contribution in [0.3, 0.4) is 0 Å². The van der Waals surface area contributed by atoms with Gasteiger partial charge in [-0.1, -0.05) is 18.2 Å². The zero-order valence-electron chi connectivity index (χ0n) is 10.0. The van der Waals surface area contributed by atoms with Gasteiger partial charge < -0.3 is 10.2 Å². The Hall–Kier alpha value is -2.38. The number of carbonyl (C=O) groups excluding carboxylic acids is 1. The van der Waals surface area contributed by atoms with Gasteiger partial charge in [0.2, 0.25) is 0 Å². The van der Waals surface area contributed by atoms with Crippen molar-refractivity contribution in [2.45, 2.75) is 4.90 Å². The SMILES string of the molecule is O=C(c1cccc(O)c1)c1cccc(O)c1S(=O)(=O)O. The van der Waals surface area contributed by atoms with Crippen molar-refractivity contribution in [3.05, 3.63) is 53.6 Å². The Morgan fingerprint density at radius 3 is 2.25 bits per heavy atom. The fourth-order valence-corrected chi connectivity index (χ4v) is 2.55. The minimum atomic E-state index is -4.76. The topological polar surface area (TPSA) is 112 Å². The first kappa shape index (κ1) is 14.0. The predicted octanol–water partition coefficient (Wildman–Crippen LogP) is 1.58. The molecule has 0 amide bonds. The van der Waals surface area contributed by atoms with Gasteiger partial charge in [-0.2, -0.15) is 8.42 Å². The van der Waals surface area contributed by atoms with Crippen LogP contribution in [0.25, 0.3) is 0 Å². The van der Waals surface area contributed by atoms with Crippen LogP contribution in [0.2, 0.25) is 0 Å². The molecule has 0 saturated carbocycles. The molecule has 0 atom stereocenters. The molecule has 7 heteroatoms. The molecule has 0 radical (unpaired) electrons. The van der Waals surface area contributed by atoms with Crippen molar-refractivity contribution in [3.8, 4) is 11.5 Å². The molecule has 2 aromatic carbocycles. The number of hydrogen-bond acceptors (Lipinski definition) is 5. The summed E-state index contributed by atoms with van der Waals surface area (Å²) in [4.78, 5) is 11.4. The number of hydrogen-bond donors (Lipinski definition) is 3. The van der Waals surface area contributed by atoms with Crippen LogP contribution in [-0.4, -0.2) is 29.0 Å². The van der Waals surface area contributed by atoms with Gasteiger partial charge in [-0.05, 0) is 24.3 Å². The van der Waals surface area contributed by atoms with E-state index in [1.807, 2.05) is 0 Å². The standard InChI is InChI=1S/C13H10O6S/c14-9-4-1-3-8(7-9)12(16)10-5-2-6-11(15)13(10)20(17,18)19/h1-7,14-15H,(H,17,18,19). The van der Waals surface area contributed by atoms with E-state index in [2.05, 4.69) is 0 Å². The summed E-state index contributed by atoms with van der Waals surface area (Å²) in [5, 5.41) is 18.9. The molecule has 3 N–H and O–H groups in total. The van der Waals surface area contributed by atoms with Crippen molar-refractivity contribution in [1.82, 2.24) is 0 Å². The van der Waals surface area contributed by atoms with E-state index in [9.17, 15) is 23.4 Å². The molecule has 0 aliphatic carbocycles. The minimum Gasteiger partial charge on any atom is -0.508 e. The molecular weight excluding hydrogens is 284 g/mol. The number of phenols is 2. The Morgan fingerprint density at radius 1 is 1.00 bits per heavy atom. The Kier molecular flexibility index (Phi) is 3.47.